The minimum absolute atomic E-state index is 0.0462. The number of amides is 1. The first-order valence-corrected chi connectivity index (χ1v) is 9.06. The van der Waals surface area contributed by atoms with E-state index in [1.54, 1.807) is 10.9 Å². The smallest absolute Gasteiger partial charge is 0.238 e. The molecule has 0 bridgehead atoms. The molecular weight excluding hydrogens is 338 g/mol. The number of nitrogens with zero attached hydrogens (tertiary/aromatic N) is 4. The fourth-order valence-corrected chi connectivity index (χ4v) is 2.98. The molecule has 6 nitrogen and oxygen atoms in total. The van der Waals surface area contributed by atoms with Crippen LogP contribution in [0.1, 0.15) is 17.0 Å². The lowest BCUT2D eigenvalue weighted by Crippen LogP contribution is -2.34. The third kappa shape index (κ3) is 5.76. The van der Waals surface area contributed by atoms with Crippen molar-refractivity contribution < 1.29 is 4.79 Å². The summed E-state index contributed by atoms with van der Waals surface area (Å²) in [6.07, 6.45) is 4.48. The summed E-state index contributed by atoms with van der Waals surface area (Å²) < 4.78 is 1.70. The lowest BCUT2D eigenvalue weighted by molar-refractivity contribution is -0.117. The predicted molar refractivity (Wildman–Crippen MR) is 106 cm³/mol. The van der Waals surface area contributed by atoms with Gasteiger partial charge < -0.3 is 5.32 Å². The van der Waals surface area contributed by atoms with Gasteiger partial charge >= 0.3 is 0 Å². The first-order valence-electron chi connectivity index (χ1n) is 9.06. The summed E-state index contributed by atoms with van der Waals surface area (Å²) >= 11 is 0. The van der Waals surface area contributed by atoms with Gasteiger partial charge in [0, 0.05) is 32.5 Å². The maximum Gasteiger partial charge on any atom is 0.238 e. The van der Waals surface area contributed by atoms with Gasteiger partial charge in [0.05, 0.1) is 23.6 Å². The number of hydrogen-bond acceptors (Lipinski definition) is 4. The molecule has 2 heterocycles. The van der Waals surface area contributed by atoms with Crippen molar-refractivity contribution in [3.63, 3.8) is 0 Å². The molecule has 2 aromatic heterocycles. The van der Waals surface area contributed by atoms with Gasteiger partial charge in [0.2, 0.25) is 5.91 Å². The average molecular weight is 363 g/mol. The number of aromatic nitrogens is 3. The van der Waals surface area contributed by atoms with Crippen LogP contribution in [-0.2, 0) is 24.8 Å². The van der Waals surface area contributed by atoms with Crippen LogP contribution in [0.3, 0.4) is 0 Å². The molecule has 0 saturated carbocycles. The predicted octanol–water partition coefficient (Wildman–Crippen LogP) is 2.81. The van der Waals surface area contributed by atoms with Gasteiger partial charge in [-0.2, -0.15) is 5.10 Å². The SMILES string of the molecule is Cc1nn(C)cc1NC(=O)CN(CCc1ccccc1)Cc1ccccn1. The Morgan fingerprint density at radius 2 is 1.93 bits per heavy atom. The van der Waals surface area contributed by atoms with Crippen molar-refractivity contribution in [1.29, 1.82) is 0 Å². The van der Waals surface area contributed by atoms with Crippen LogP contribution in [0.15, 0.2) is 60.9 Å². The van der Waals surface area contributed by atoms with E-state index >= 15 is 0 Å². The van der Waals surface area contributed by atoms with Gasteiger partial charge in [-0.05, 0) is 31.0 Å². The number of hydrogen-bond donors (Lipinski definition) is 1. The number of carbonyl (C=O) groups is 1. The van der Waals surface area contributed by atoms with Gasteiger partial charge in [-0.3, -0.25) is 19.4 Å². The molecule has 0 aliphatic heterocycles. The zero-order chi connectivity index (χ0) is 19.1. The van der Waals surface area contributed by atoms with Crippen LogP contribution in [0.25, 0.3) is 0 Å². The molecule has 6 heteroatoms. The Morgan fingerprint density at radius 1 is 1.15 bits per heavy atom. The maximum atomic E-state index is 12.6. The lowest BCUT2D eigenvalue weighted by atomic mass is 10.1. The van der Waals surface area contributed by atoms with Crippen LogP contribution in [0, 0.1) is 6.92 Å². The van der Waals surface area contributed by atoms with Crippen LogP contribution in [0.4, 0.5) is 5.69 Å². The second-order valence-electron chi connectivity index (χ2n) is 6.62. The summed E-state index contributed by atoms with van der Waals surface area (Å²) in [5.74, 6) is -0.0462. The molecule has 0 radical (unpaired) electrons. The number of nitrogens with one attached hydrogen (secondary N) is 1. The Bertz CT molecular complexity index is 861. The highest BCUT2D eigenvalue weighted by Gasteiger charge is 2.14. The largest absolute Gasteiger partial charge is 0.322 e. The first kappa shape index (κ1) is 18.8. The fourth-order valence-electron chi connectivity index (χ4n) is 2.98. The number of benzene rings is 1. The highest BCUT2D eigenvalue weighted by Crippen LogP contribution is 2.12. The minimum atomic E-state index is -0.0462. The Kier molecular flexibility index (Phi) is 6.33. The molecule has 0 saturated heterocycles. The van der Waals surface area contributed by atoms with Crippen molar-refractivity contribution >= 4 is 11.6 Å². The summed E-state index contributed by atoms with van der Waals surface area (Å²) in [5, 5.41) is 7.23. The molecular formula is C21H25N5O. The molecule has 1 N–H and O–H groups in total. The second kappa shape index (κ2) is 9.09. The Labute approximate surface area is 159 Å². The standard InChI is InChI=1S/C21H25N5O/c1-17-20(15-25(2)24-17)23-21(27)16-26(14-19-10-6-7-12-22-19)13-11-18-8-4-3-5-9-18/h3-10,12,15H,11,13-14,16H2,1-2H3,(H,23,27). The van der Waals surface area contributed by atoms with E-state index in [2.05, 4.69) is 32.4 Å². The summed E-state index contributed by atoms with van der Waals surface area (Å²) in [6, 6.07) is 16.2. The lowest BCUT2D eigenvalue weighted by Gasteiger charge is -2.21. The van der Waals surface area contributed by atoms with Gasteiger partial charge in [0.1, 0.15) is 0 Å². The third-order valence-electron chi connectivity index (χ3n) is 4.33. The van der Waals surface area contributed by atoms with E-state index in [-0.39, 0.29) is 5.91 Å². The minimum Gasteiger partial charge on any atom is -0.322 e. The van der Waals surface area contributed by atoms with Gasteiger partial charge in [-0.15, -0.1) is 0 Å². The molecule has 0 unspecified atom stereocenters. The van der Waals surface area contributed by atoms with Crippen molar-refractivity contribution in [2.75, 3.05) is 18.4 Å². The van der Waals surface area contributed by atoms with Crippen molar-refractivity contribution in [3.8, 4) is 0 Å². The Hall–Kier alpha value is -2.99. The third-order valence-corrected chi connectivity index (χ3v) is 4.33. The summed E-state index contributed by atoms with van der Waals surface area (Å²) in [6.45, 7) is 3.60. The normalized spacial score (nSPS) is 10.9. The van der Waals surface area contributed by atoms with E-state index in [4.69, 9.17) is 0 Å². The van der Waals surface area contributed by atoms with E-state index < -0.39 is 0 Å². The number of pyridine rings is 1. The van der Waals surface area contributed by atoms with Crippen LogP contribution in [0.2, 0.25) is 0 Å². The van der Waals surface area contributed by atoms with Crippen molar-refractivity contribution in [2.24, 2.45) is 7.05 Å². The zero-order valence-corrected chi connectivity index (χ0v) is 15.8. The maximum absolute atomic E-state index is 12.6. The monoisotopic (exact) mass is 363 g/mol. The molecule has 1 amide bonds. The number of aryl methyl sites for hydroxylation is 2. The molecule has 0 atom stereocenters. The molecule has 27 heavy (non-hydrogen) atoms. The van der Waals surface area contributed by atoms with Crippen LogP contribution in [0.5, 0.6) is 0 Å². The van der Waals surface area contributed by atoms with Crippen molar-refractivity contribution in [2.45, 2.75) is 19.9 Å². The van der Waals surface area contributed by atoms with E-state index in [9.17, 15) is 4.79 Å². The molecule has 0 aliphatic rings. The molecule has 3 aromatic rings. The molecule has 0 fully saturated rings. The van der Waals surface area contributed by atoms with E-state index in [1.807, 2.05) is 56.6 Å². The zero-order valence-electron chi connectivity index (χ0n) is 15.8. The number of anilines is 1. The summed E-state index contributed by atoms with van der Waals surface area (Å²) in [7, 11) is 1.84. The summed E-state index contributed by atoms with van der Waals surface area (Å²) in [5.41, 5.74) is 3.78. The molecule has 1 aromatic carbocycles. The topological polar surface area (TPSA) is 63.1 Å². The van der Waals surface area contributed by atoms with Crippen LogP contribution in [-0.4, -0.2) is 38.7 Å². The Morgan fingerprint density at radius 3 is 2.59 bits per heavy atom. The van der Waals surface area contributed by atoms with Crippen LogP contribution < -0.4 is 5.32 Å². The quantitative estimate of drug-likeness (QED) is 0.668. The van der Waals surface area contributed by atoms with Crippen molar-refractivity contribution in [3.05, 3.63) is 77.9 Å². The highest BCUT2D eigenvalue weighted by atomic mass is 16.2. The fraction of sp³-hybridized carbons (Fsp3) is 0.286. The van der Waals surface area contributed by atoms with Gasteiger partial charge in [-0.25, -0.2) is 0 Å². The first-order chi connectivity index (χ1) is 13.1. The molecule has 0 aliphatic carbocycles. The molecule has 0 spiro atoms. The average Bonchev–Trinajstić information content (AvgIpc) is 2.98. The van der Waals surface area contributed by atoms with Gasteiger partial charge in [0.25, 0.3) is 0 Å². The number of rotatable bonds is 8. The van der Waals surface area contributed by atoms with Crippen molar-refractivity contribution in [1.82, 2.24) is 19.7 Å². The summed E-state index contributed by atoms with van der Waals surface area (Å²) in [4.78, 5) is 19.1. The van der Waals surface area contributed by atoms with E-state index in [0.717, 1.165) is 30.0 Å². The molecule has 140 valence electrons. The number of carbonyl (C=O) groups excluding carboxylic acids is 1. The highest BCUT2D eigenvalue weighted by molar-refractivity contribution is 5.92. The molecule has 3 rings (SSSR count). The Balaban J connectivity index is 1.64. The van der Waals surface area contributed by atoms with Gasteiger partial charge in [-0.1, -0.05) is 36.4 Å². The van der Waals surface area contributed by atoms with Crippen LogP contribution >= 0.6 is 0 Å². The van der Waals surface area contributed by atoms with E-state index in [1.165, 1.54) is 5.56 Å². The second-order valence-corrected chi connectivity index (χ2v) is 6.62. The van der Waals surface area contributed by atoms with Gasteiger partial charge in [0.15, 0.2) is 0 Å². The van der Waals surface area contributed by atoms with E-state index in [0.29, 0.717) is 13.1 Å².